The third-order valence-electron chi connectivity index (χ3n) is 5.21. The molecule has 0 aliphatic heterocycles. The second-order valence-electron chi connectivity index (χ2n) is 7.39. The molecule has 2 aromatic carbocycles. The first-order valence-electron chi connectivity index (χ1n) is 10.3. The molecule has 2 aromatic heterocycles. The lowest BCUT2D eigenvalue weighted by molar-refractivity contribution is -0.121. The molecule has 0 spiro atoms. The van der Waals surface area contributed by atoms with Crippen molar-refractivity contribution >= 4 is 27.8 Å². The summed E-state index contributed by atoms with van der Waals surface area (Å²) in [4.78, 5) is 36.1. The van der Waals surface area contributed by atoms with Gasteiger partial charge >= 0.3 is 0 Å². The zero-order valence-electron chi connectivity index (χ0n) is 17.0. The van der Waals surface area contributed by atoms with Crippen molar-refractivity contribution in [3.8, 4) is 0 Å². The molecule has 0 unspecified atom stereocenters. The first-order valence-corrected chi connectivity index (χ1v) is 10.3. The summed E-state index contributed by atoms with van der Waals surface area (Å²) in [5.41, 5.74) is 2.67. The summed E-state index contributed by atoms with van der Waals surface area (Å²) in [6.07, 6.45) is 2.45. The number of nitrogens with zero attached hydrogens (tertiary/aromatic N) is 3. The van der Waals surface area contributed by atoms with Gasteiger partial charge in [0.2, 0.25) is 5.91 Å². The second-order valence-corrected chi connectivity index (χ2v) is 7.39. The van der Waals surface area contributed by atoms with Gasteiger partial charge in [-0.05, 0) is 44.0 Å². The molecule has 0 saturated carbocycles. The Morgan fingerprint density at radius 1 is 1.03 bits per heavy atom. The van der Waals surface area contributed by atoms with Crippen LogP contribution in [0.5, 0.6) is 0 Å². The Bertz CT molecular complexity index is 1240. The number of H-pyrrole nitrogens is 1. The number of carbonyl (C=O) groups excluding carboxylic acids is 1. The SMILES string of the molecule is Cc1nc2ccccc2n1CCCNC(=O)CCCc1nc2ccccc2c(=O)[nH]1. The van der Waals surface area contributed by atoms with Crippen molar-refractivity contribution in [2.24, 2.45) is 0 Å². The van der Waals surface area contributed by atoms with Crippen LogP contribution in [0.15, 0.2) is 53.3 Å². The fraction of sp³-hybridized carbons (Fsp3) is 0.304. The molecule has 7 nitrogen and oxygen atoms in total. The first kappa shape index (κ1) is 19.8. The fourth-order valence-electron chi connectivity index (χ4n) is 3.70. The number of aromatic amines is 1. The van der Waals surface area contributed by atoms with Gasteiger partial charge in [-0.2, -0.15) is 0 Å². The van der Waals surface area contributed by atoms with Crippen molar-refractivity contribution in [3.05, 3.63) is 70.5 Å². The Hall–Kier alpha value is -3.48. The minimum atomic E-state index is -0.137. The van der Waals surface area contributed by atoms with Gasteiger partial charge in [-0.1, -0.05) is 24.3 Å². The first-order chi connectivity index (χ1) is 14.6. The third kappa shape index (κ3) is 4.40. The van der Waals surface area contributed by atoms with Crippen LogP contribution >= 0.6 is 0 Å². The van der Waals surface area contributed by atoms with E-state index in [1.54, 1.807) is 6.07 Å². The Kier molecular flexibility index (Phi) is 5.88. The van der Waals surface area contributed by atoms with Crippen molar-refractivity contribution in [3.63, 3.8) is 0 Å². The largest absolute Gasteiger partial charge is 0.356 e. The Labute approximate surface area is 174 Å². The molecule has 0 saturated heterocycles. The van der Waals surface area contributed by atoms with Crippen molar-refractivity contribution in [1.82, 2.24) is 24.8 Å². The number of para-hydroxylation sites is 3. The van der Waals surface area contributed by atoms with Crippen molar-refractivity contribution in [1.29, 1.82) is 0 Å². The highest BCUT2D eigenvalue weighted by atomic mass is 16.1. The predicted molar refractivity (Wildman–Crippen MR) is 117 cm³/mol. The van der Waals surface area contributed by atoms with Crippen LogP contribution in [-0.4, -0.2) is 32.0 Å². The maximum absolute atomic E-state index is 12.1. The van der Waals surface area contributed by atoms with Gasteiger partial charge < -0.3 is 14.9 Å². The average Bonchev–Trinajstić information content (AvgIpc) is 3.06. The number of aromatic nitrogens is 4. The Morgan fingerprint density at radius 3 is 2.67 bits per heavy atom. The highest BCUT2D eigenvalue weighted by Crippen LogP contribution is 2.15. The lowest BCUT2D eigenvalue weighted by Gasteiger charge is -2.08. The van der Waals surface area contributed by atoms with Crippen LogP contribution in [-0.2, 0) is 17.8 Å². The highest BCUT2D eigenvalue weighted by Gasteiger charge is 2.08. The van der Waals surface area contributed by atoms with E-state index >= 15 is 0 Å². The van der Waals surface area contributed by atoms with Crippen LogP contribution in [0.2, 0.25) is 0 Å². The molecule has 0 atom stereocenters. The van der Waals surface area contributed by atoms with Gasteiger partial charge in [0.15, 0.2) is 0 Å². The van der Waals surface area contributed by atoms with E-state index in [-0.39, 0.29) is 11.5 Å². The molecule has 154 valence electrons. The molecular weight excluding hydrogens is 378 g/mol. The van der Waals surface area contributed by atoms with E-state index < -0.39 is 0 Å². The number of hydrogen-bond acceptors (Lipinski definition) is 4. The lowest BCUT2D eigenvalue weighted by atomic mass is 10.2. The summed E-state index contributed by atoms with van der Waals surface area (Å²) in [5, 5.41) is 3.56. The van der Waals surface area contributed by atoms with Crippen LogP contribution in [0.3, 0.4) is 0 Å². The molecule has 4 rings (SSSR count). The number of imidazole rings is 1. The summed E-state index contributed by atoms with van der Waals surface area (Å²) in [7, 11) is 0. The Morgan fingerprint density at radius 2 is 1.80 bits per heavy atom. The normalized spacial score (nSPS) is 11.2. The average molecular weight is 403 g/mol. The maximum atomic E-state index is 12.1. The topological polar surface area (TPSA) is 92.7 Å². The van der Waals surface area contributed by atoms with Gasteiger partial charge in [0.05, 0.1) is 21.9 Å². The summed E-state index contributed by atoms with van der Waals surface area (Å²) < 4.78 is 2.18. The van der Waals surface area contributed by atoms with Gasteiger partial charge in [-0.15, -0.1) is 0 Å². The lowest BCUT2D eigenvalue weighted by Crippen LogP contribution is -2.25. The summed E-state index contributed by atoms with van der Waals surface area (Å²) in [6, 6.07) is 15.3. The summed E-state index contributed by atoms with van der Waals surface area (Å²) in [6.45, 7) is 3.44. The van der Waals surface area contributed by atoms with E-state index in [9.17, 15) is 9.59 Å². The van der Waals surface area contributed by atoms with Crippen molar-refractivity contribution in [2.45, 2.75) is 39.2 Å². The maximum Gasteiger partial charge on any atom is 0.258 e. The van der Waals surface area contributed by atoms with E-state index in [4.69, 9.17) is 0 Å². The fourth-order valence-corrected chi connectivity index (χ4v) is 3.70. The molecule has 0 aliphatic rings. The van der Waals surface area contributed by atoms with Gasteiger partial charge in [0.1, 0.15) is 11.6 Å². The molecule has 0 radical (unpaired) electrons. The number of rotatable bonds is 8. The quantitative estimate of drug-likeness (QED) is 0.442. The van der Waals surface area contributed by atoms with Crippen LogP contribution in [0.4, 0.5) is 0 Å². The number of carbonyl (C=O) groups is 1. The van der Waals surface area contributed by atoms with Crippen LogP contribution < -0.4 is 10.9 Å². The second kappa shape index (κ2) is 8.90. The van der Waals surface area contributed by atoms with Crippen LogP contribution in [0, 0.1) is 6.92 Å². The number of nitrogens with one attached hydrogen (secondary N) is 2. The monoisotopic (exact) mass is 403 g/mol. The number of aryl methyl sites for hydroxylation is 3. The minimum Gasteiger partial charge on any atom is -0.356 e. The van der Waals surface area contributed by atoms with E-state index in [0.717, 1.165) is 29.8 Å². The molecule has 2 heterocycles. The van der Waals surface area contributed by atoms with Gasteiger partial charge in [-0.3, -0.25) is 9.59 Å². The van der Waals surface area contributed by atoms with E-state index in [1.807, 2.05) is 43.3 Å². The van der Waals surface area contributed by atoms with Gasteiger partial charge in [0, 0.05) is 25.9 Å². The summed E-state index contributed by atoms with van der Waals surface area (Å²) in [5.74, 6) is 1.62. The minimum absolute atomic E-state index is 0.0188. The number of hydrogen-bond donors (Lipinski definition) is 2. The molecule has 0 bridgehead atoms. The Balaban J connectivity index is 1.22. The smallest absolute Gasteiger partial charge is 0.258 e. The zero-order chi connectivity index (χ0) is 20.9. The number of fused-ring (bicyclic) bond motifs is 2. The molecule has 0 aliphatic carbocycles. The highest BCUT2D eigenvalue weighted by molar-refractivity contribution is 5.77. The van der Waals surface area contributed by atoms with Crippen LogP contribution in [0.1, 0.15) is 30.9 Å². The molecule has 2 N–H and O–H groups in total. The standard InChI is InChI=1S/C23H25N5O2/c1-16-25-19-10-4-5-11-20(19)28(16)15-7-14-24-22(29)13-6-12-21-26-18-9-3-2-8-17(18)23(30)27-21/h2-5,8-11H,6-7,12-15H2,1H3,(H,24,29)(H,26,27,30). The number of amides is 1. The molecule has 7 heteroatoms. The van der Waals surface area contributed by atoms with E-state index in [1.165, 1.54) is 0 Å². The van der Waals surface area contributed by atoms with E-state index in [0.29, 0.717) is 42.5 Å². The zero-order valence-corrected chi connectivity index (χ0v) is 17.0. The summed E-state index contributed by atoms with van der Waals surface area (Å²) >= 11 is 0. The van der Waals surface area contributed by atoms with Gasteiger partial charge in [-0.25, -0.2) is 9.97 Å². The number of benzene rings is 2. The third-order valence-corrected chi connectivity index (χ3v) is 5.21. The molecule has 1 amide bonds. The van der Waals surface area contributed by atoms with E-state index in [2.05, 4.69) is 30.9 Å². The predicted octanol–water partition coefficient (Wildman–Crippen LogP) is 3.11. The molecule has 0 fully saturated rings. The molecular formula is C23H25N5O2. The molecule has 30 heavy (non-hydrogen) atoms. The van der Waals surface area contributed by atoms with Crippen molar-refractivity contribution in [2.75, 3.05) is 6.54 Å². The van der Waals surface area contributed by atoms with Crippen molar-refractivity contribution < 1.29 is 4.79 Å². The molecule has 4 aromatic rings. The van der Waals surface area contributed by atoms with Crippen LogP contribution in [0.25, 0.3) is 21.9 Å². The van der Waals surface area contributed by atoms with Gasteiger partial charge in [0.25, 0.3) is 5.56 Å².